The highest BCUT2D eigenvalue weighted by Gasteiger charge is 2.16. The predicted octanol–water partition coefficient (Wildman–Crippen LogP) is 1.67. The van der Waals surface area contributed by atoms with Crippen molar-refractivity contribution in [1.29, 1.82) is 0 Å². The molecule has 1 saturated heterocycles. The van der Waals surface area contributed by atoms with E-state index in [-0.39, 0.29) is 5.91 Å². The molecule has 132 valence electrons. The second kappa shape index (κ2) is 8.03. The van der Waals surface area contributed by atoms with Crippen LogP contribution in [-0.4, -0.2) is 45.7 Å². The maximum Gasteiger partial charge on any atom is 0.255 e. The van der Waals surface area contributed by atoms with Gasteiger partial charge in [0.15, 0.2) is 0 Å². The lowest BCUT2D eigenvalue weighted by Crippen LogP contribution is -3.12. The van der Waals surface area contributed by atoms with Gasteiger partial charge in [-0.1, -0.05) is 6.07 Å². The molecule has 0 spiro atoms. The minimum absolute atomic E-state index is 0.127. The average Bonchev–Trinajstić information content (AvgIpc) is 2.64. The van der Waals surface area contributed by atoms with Crippen LogP contribution in [0.15, 0.2) is 48.5 Å². The summed E-state index contributed by atoms with van der Waals surface area (Å²) >= 11 is 0. The Morgan fingerprint density at radius 2 is 1.88 bits per heavy atom. The average molecular weight is 340 g/mol. The summed E-state index contributed by atoms with van der Waals surface area (Å²) in [6.07, 6.45) is 0. The summed E-state index contributed by atoms with van der Waals surface area (Å²) in [5.74, 6) is 0.584. The van der Waals surface area contributed by atoms with E-state index in [4.69, 9.17) is 4.74 Å². The van der Waals surface area contributed by atoms with Crippen molar-refractivity contribution in [3.8, 4) is 5.75 Å². The fourth-order valence-electron chi connectivity index (χ4n) is 3.00. The van der Waals surface area contributed by atoms with Crippen LogP contribution in [0.3, 0.4) is 0 Å². The second-order valence-corrected chi connectivity index (χ2v) is 6.41. The quantitative estimate of drug-likeness (QED) is 0.870. The lowest BCUT2D eigenvalue weighted by atomic mass is 10.2. The SMILES string of the molecule is CCOc1cccc(C(=O)Nc2ccc(N3CC[NH+](C)CC3)cc2)c1. The van der Waals surface area contributed by atoms with E-state index in [0.717, 1.165) is 31.9 Å². The van der Waals surface area contributed by atoms with E-state index in [0.29, 0.717) is 17.9 Å². The smallest absolute Gasteiger partial charge is 0.255 e. The van der Waals surface area contributed by atoms with Gasteiger partial charge in [-0.25, -0.2) is 0 Å². The molecule has 1 aliphatic rings. The van der Waals surface area contributed by atoms with Crippen molar-refractivity contribution in [1.82, 2.24) is 0 Å². The number of rotatable bonds is 5. The van der Waals surface area contributed by atoms with Crippen LogP contribution in [0.4, 0.5) is 11.4 Å². The van der Waals surface area contributed by atoms with Crippen molar-refractivity contribution in [3.05, 3.63) is 54.1 Å². The molecular weight excluding hydrogens is 314 g/mol. The van der Waals surface area contributed by atoms with Crippen LogP contribution in [0.1, 0.15) is 17.3 Å². The van der Waals surface area contributed by atoms with Gasteiger partial charge >= 0.3 is 0 Å². The van der Waals surface area contributed by atoms with Crippen molar-refractivity contribution in [3.63, 3.8) is 0 Å². The number of nitrogens with zero attached hydrogens (tertiary/aromatic N) is 1. The van der Waals surface area contributed by atoms with Crippen LogP contribution >= 0.6 is 0 Å². The van der Waals surface area contributed by atoms with Crippen molar-refractivity contribution in [2.45, 2.75) is 6.92 Å². The topological polar surface area (TPSA) is 46.0 Å². The molecule has 1 amide bonds. The zero-order valence-electron chi connectivity index (χ0n) is 14.9. The molecule has 0 aromatic heterocycles. The van der Waals surface area contributed by atoms with Gasteiger partial charge in [-0.05, 0) is 49.4 Å². The first-order chi connectivity index (χ1) is 12.2. The van der Waals surface area contributed by atoms with E-state index in [1.807, 2.05) is 31.2 Å². The molecule has 5 nitrogen and oxygen atoms in total. The number of hydrogen-bond acceptors (Lipinski definition) is 3. The molecule has 0 atom stereocenters. The lowest BCUT2D eigenvalue weighted by molar-refractivity contribution is -0.880. The van der Waals surface area contributed by atoms with Crippen LogP contribution in [0, 0.1) is 0 Å². The van der Waals surface area contributed by atoms with Gasteiger partial charge in [0.05, 0.1) is 39.8 Å². The van der Waals surface area contributed by atoms with E-state index >= 15 is 0 Å². The van der Waals surface area contributed by atoms with E-state index in [1.165, 1.54) is 5.69 Å². The Balaban J connectivity index is 1.63. The molecule has 1 aliphatic heterocycles. The number of nitrogens with one attached hydrogen (secondary N) is 2. The second-order valence-electron chi connectivity index (χ2n) is 6.41. The number of anilines is 2. The molecule has 0 unspecified atom stereocenters. The number of carbonyl (C=O) groups excluding carboxylic acids is 1. The largest absolute Gasteiger partial charge is 0.494 e. The number of ether oxygens (including phenoxy) is 1. The maximum atomic E-state index is 12.4. The first-order valence-electron chi connectivity index (χ1n) is 8.86. The maximum absolute atomic E-state index is 12.4. The number of carbonyl (C=O) groups is 1. The molecule has 5 heteroatoms. The number of amides is 1. The normalized spacial score (nSPS) is 15.0. The van der Waals surface area contributed by atoms with Gasteiger partial charge in [-0.3, -0.25) is 4.79 Å². The van der Waals surface area contributed by atoms with E-state index in [2.05, 4.69) is 29.4 Å². The molecule has 0 bridgehead atoms. The summed E-state index contributed by atoms with van der Waals surface area (Å²) in [5, 5.41) is 2.95. The monoisotopic (exact) mass is 340 g/mol. The van der Waals surface area contributed by atoms with Gasteiger partial charge < -0.3 is 19.9 Å². The van der Waals surface area contributed by atoms with Gasteiger partial charge in [0, 0.05) is 16.9 Å². The van der Waals surface area contributed by atoms with Crippen LogP contribution in [0.2, 0.25) is 0 Å². The Morgan fingerprint density at radius 1 is 1.16 bits per heavy atom. The van der Waals surface area contributed by atoms with Crippen molar-refractivity contribution < 1.29 is 14.4 Å². The molecule has 0 saturated carbocycles. The third-order valence-electron chi connectivity index (χ3n) is 4.51. The molecule has 2 aromatic carbocycles. The summed E-state index contributed by atoms with van der Waals surface area (Å²) in [7, 11) is 2.23. The zero-order chi connectivity index (χ0) is 17.6. The number of benzene rings is 2. The van der Waals surface area contributed by atoms with Crippen LogP contribution in [0.25, 0.3) is 0 Å². The molecule has 2 aromatic rings. The van der Waals surface area contributed by atoms with Crippen molar-refractivity contribution in [2.75, 3.05) is 50.1 Å². The Bertz CT molecular complexity index is 707. The molecule has 0 aliphatic carbocycles. The minimum atomic E-state index is -0.127. The fourth-order valence-corrected chi connectivity index (χ4v) is 3.00. The Morgan fingerprint density at radius 3 is 2.56 bits per heavy atom. The molecule has 3 rings (SSSR count). The van der Waals surface area contributed by atoms with Crippen LogP contribution < -0.4 is 19.9 Å². The highest BCUT2D eigenvalue weighted by atomic mass is 16.5. The first kappa shape index (κ1) is 17.3. The van der Waals surface area contributed by atoms with Gasteiger partial charge in [-0.15, -0.1) is 0 Å². The molecule has 2 N–H and O–H groups in total. The summed E-state index contributed by atoms with van der Waals surface area (Å²) < 4.78 is 5.45. The number of likely N-dealkylation sites (N-methyl/N-ethyl adjacent to an activating group) is 1. The van der Waals surface area contributed by atoms with Gasteiger partial charge in [0.1, 0.15) is 5.75 Å². The van der Waals surface area contributed by atoms with Crippen molar-refractivity contribution in [2.24, 2.45) is 0 Å². The molecular formula is C20H26N3O2+. The summed E-state index contributed by atoms with van der Waals surface area (Å²) in [6, 6.07) is 15.3. The molecule has 25 heavy (non-hydrogen) atoms. The van der Waals surface area contributed by atoms with Gasteiger partial charge in [-0.2, -0.15) is 0 Å². The van der Waals surface area contributed by atoms with Crippen LogP contribution in [-0.2, 0) is 0 Å². The number of piperazine rings is 1. The Hall–Kier alpha value is -2.53. The first-order valence-corrected chi connectivity index (χ1v) is 8.86. The number of hydrogen-bond donors (Lipinski definition) is 2. The summed E-state index contributed by atoms with van der Waals surface area (Å²) in [5.41, 5.74) is 2.61. The third-order valence-corrected chi connectivity index (χ3v) is 4.51. The van der Waals surface area contributed by atoms with Crippen molar-refractivity contribution >= 4 is 17.3 Å². The standard InChI is InChI=1S/C20H25N3O2/c1-3-25-19-6-4-5-16(15-19)20(24)21-17-7-9-18(10-8-17)23-13-11-22(2)12-14-23/h4-10,15H,3,11-14H2,1-2H3,(H,21,24)/p+1. The zero-order valence-corrected chi connectivity index (χ0v) is 14.9. The minimum Gasteiger partial charge on any atom is -0.494 e. The van der Waals surface area contributed by atoms with Gasteiger partial charge in [0.2, 0.25) is 0 Å². The van der Waals surface area contributed by atoms with E-state index in [1.54, 1.807) is 17.0 Å². The van der Waals surface area contributed by atoms with Crippen LogP contribution in [0.5, 0.6) is 5.75 Å². The summed E-state index contributed by atoms with van der Waals surface area (Å²) in [4.78, 5) is 16.4. The van der Waals surface area contributed by atoms with E-state index < -0.39 is 0 Å². The van der Waals surface area contributed by atoms with Gasteiger partial charge in [0.25, 0.3) is 5.91 Å². The lowest BCUT2D eigenvalue weighted by Gasteiger charge is -2.31. The Kier molecular flexibility index (Phi) is 5.56. The highest BCUT2D eigenvalue weighted by molar-refractivity contribution is 6.04. The van der Waals surface area contributed by atoms with E-state index in [9.17, 15) is 4.79 Å². The fraction of sp³-hybridized carbons (Fsp3) is 0.350. The number of quaternary nitrogens is 1. The molecule has 1 heterocycles. The third kappa shape index (κ3) is 4.51. The summed E-state index contributed by atoms with van der Waals surface area (Å²) in [6.45, 7) is 6.98. The highest BCUT2D eigenvalue weighted by Crippen LogP contribution is 2.19. The Labute approximate surface area is 149 Å². The predicted molar refractivity (Wildman–Crippen MR) is 101 cm³/mol. The molecule has 1 fully saturated rings. The molecule has 0 radical (unpaired) electrons.